The Morgan fingerprint density at radius 3 is 2.68 bits per heavy atom. The molecule has 0 saturated heterocycles. The summed E-state index contributed by atoms with van der Waals surface area (Å²) in [6.07, 6.45) is 1.12. The molecule has 0 bridgehead atoms. The van der Waals surface area contributed by atoms with Crippen LogP contribution in [0.1, 0.15) is 23.7 Å². The summed E-state index contributed by atoms with van der Waals surface area (Å²) >= 11 is 17.1. The number of hydrogen-bond acceptors (Lipinski definition) is 2. The SMILES string of the molecule is CCc1[nH]c(=S)[nH]c(=O)c1Cc1cccc(Cl)c1Cl. The minimum Gasteiger partial charge on any atom is -0.336 e. The lowest BCUT2D eigenvalue weighted by Crippen LogP contribution is -2.18. The topological polar surface area (TPSA) is 48.6 Å². The Morgan fingerprint density at radius 1 is 1.26 bits per heavy atom. The van der Waals surface area contributed by atoms with E-state index in [0.717, 1.165) is 11.3 Å². The summed E-state index contributed by atoms with van der Waals surface area (Å²) in [5, 5.41) is 0.964. The van der Waals surface area contributed by atoms with Crippen LogP contribution in [-0.4, -0.2) is 9.97 Å². The van der Waals surface area contributed by atoms with Crippen molar-refractivity contribution in [2.45, 2.75) is 19.8 Å². The molecule has 0 aliphatic rings. The van der Waals surface area contributed by atoms with E-state index in [-0.39, 0.29) is 5.56 Å². The Labute approximate surface area is 125 Å². The van der Waals surface area contributed by atoms with Crippen molar-refractivity contribution in [1.82, 2.24) is 9.97 Å². The molecule has 1 aromatic carbocycles. The highest BCUT2D eigenvalue weighted by Crippen LogP contribution is 2.27. The number of nitrogens with one attached hydrogen (secondary N) is 2. The number of aryl methyl sites for hydroxylation is 1. The van der Waals surface area contributed by atoms with Gasteiger partial charge in [-0.2, -0.15) is 0 Å². The van der Waals surface area contributed by atoms with Gasteiger partial charge in [0, 0.05) is 17.7 Å². The van der Waals surface area contributed by atoms with Crippen molar-refractivity contribution in [2.75, 3.05) is 0 Å². The maximum atomic E-state index is 12.0. The molecule has 0 aliphatic carbocycles. The summed E-state index contributed by atoms with van der Waals surface area (Å²) in [5.41, 5.74) is 2.10. The molecule has 0 aliphatic heterocycles. The number of aromatic amines is 2. The standard InChI is InChI=1S/C13H12Cl2N2OS/c1-2-10-8(12(18)17-13(19)16-10)6-7-4-3-5-9(14)11(7)15/h3-5H,2,6H2,1H3,(H2,16,17,18,19). The molecule has 0 radical (unpaired) electrons. The van der Waals surface area contributed by atoms with Crippen LogP contribution >= 0.6 is 35.4 Å². The second-order valence-corrected chi connectivity index (χ2v) is 5.30. The van der Waals surface area contributed by atoms with Crippen LogP contribution in [0, 0.1) is 4.77 Å². The van der Waals surface area contributed by atoms with Gasteiger partial charge in [0.2, 0.25) is 0 Å². The van der Waals surface area contributed by atoms with Gasteiger partial charge in [-0.25, -0.2) is 0 Å². The number of aromatic nitrogens is 2. The minimum atomic E-state index is -0.184. The quantitative estimate of drug-likeness (QED) is 0.844. The Morgan fingerprint density at radius 2 is 2.00 bits per heavy atom. The van der Waals surface area contributed by atoms with Gasteiger partial charge in [0.1, 0.15) is 0 Å². The fraction of sp³-hybridized carbons (Fsp3) is 0.231. The molecular weight excluding hydrogens is 303 g/mol. The zero-order valence-corrected chi connectivity index (χ0v) is 12.5. The molecule has 0 spiro atoms. The van der Waals surface area contributed by atoms with Gasteiger partial charge in [-0.1, -0.05) is 42.3 Å². The third kappa shape index (κ3) is 3.08. The Hall–Kier alpha value is -1.10. The molecule has 6 heteroatoms. The summed E-state index contributed by atoms with van der Waals surface area (Å²) in [4.78, 5) is 17.6. The van der Waals surface area contributed by atoms with Gasteiger partial charge in [-0.05, 0) is 30.3 Å². The maximum Gasteiger partial charge on any atom is 0.255 e. The van der Waals surface area contributed by atoms with E-state index >= 15 is 0 Å². The maximum absolute atomic E-state index is 12.0. The van der Waals surface area contributed by atoms with Gasteiger partial charge >= 0.3 is 0 Å². The molecule has 19 heavy (non-hydrogen) atoms. The largest absolute Gasteiger partial charge is 0.336 e. The lowest BCUT2D eigenvalue weighted by molar-refractivity contribution is 0.907. The average molecular weight is 315 g/mol. The molecule has 0 fully saturated rings. The minimum absolute atomic E-state index is 0.184. The summed E-state index contributed by atoms with van der Waals surface area (Å²) in [7, 11) is 0. The number of halogens is 2. The first kappa shape index (κ1) is 14.3. The molecule has 2 N–H and O–H groups in total. The molecule has 100 valence electrons. The predicted molar refractivity (Wildman–Crippen MR) is 80.9 cm³/mol. The molecule has 0 amide bonds. The normalized spacial score (nSPS) is 10.7. The van der Waals surface area contributed by atoms with E-state index in [2.05, 4.69) is 9.97 Å². The summed E-state index contributed by atoms with van der Waals surface area (Å²) in [6.45, 7) is 1.96. The molecular formula is C13H12Cl2N2OS. The van der Waals surface area contributed by atoms with E-state index in [0.29, 0.717) is 33.2 Å². The van der Waals surface area contributed by atoms with Crippen molar-refractivity contribution >= 4 is 35.4 Å². The summed E-state index contributed by atoms with van der Waals surface area (Å²) in [5.74, 6) is 0. The van der Waals surface area contributed by atoms with Gasteiger partial charge in [0.15, 0.2) is 4.77 Å². The van der Waals surface area contributed by atoms with Crippen LogP contribution in [-0.2, 0) is 12.8 Å². The Bertz CT molecular complexity index is 721. The second-order valence-electron chi connectivity index (χ2n) is 4.11. The molecule has 2 aromatic rings. The summed E-state index contributed by atoms with van der Waals surface area (Å²) in [6, 6.07) is 5.39. The third-order valence-electron chi connectivity index (χ3n) is 2.88. The first-order valence-electron chi connectivity index (χ1n) is 5.80. The van der Waals surface area contributed by atoms with Gasteiger partial charge < -0.3 is 4.98 Å². The number of benzene rings is 1. The third-order valence-corrected chi connectivity index (χ3v) is 3.94. The monoisotopic (exact) mass is 314 g/mol. The van der Waals surface area contributed by atoms with E-state index in [4.69, 9.17) is 35.4 Å². The van der Waals surface area contributed by atoms with Crippen molar-refractivity contribution < 1.29 is 0 Å². The van der Waals surface area contributed by atoms with Crippen LogP contribution in [0.5, 0.6) is 0 Å². The van der Waals surface area contributed by atoms with Gasteiger partial charge in [-0.3, -0.25) is 9.78 Å². The molecule has 0 saturated carbocycles. The van der Waals surface area contributed by atoms with Crippen LogP contribution < -0.4 is 5.56 Å². The van der Waals surface area contributed by atoms with Crippen molar-refractivity contribution in [3.8, 4) is 0 Å². The molecule has 2 rings (SSSR count). The lowest BCUT2D eigenvalue weighted by Gasteiger charge is -2.09. The average Bonchev–Trinajstić information content (AvgIpc) is 2.37. The van der Waals surface area contributed by atoms with Crippen LogP contribution in [0.3, 0.4) is 0 Å². The van der Waals surface area contributed by atoms with Gasteiger partial charge in [0.05, 0.1) is 10.0 Å². The highest BCUT2D eigenvalue weighted by Gasteiger charge is 2.11. The lowest BCUT2D eigenvalue weighted by atomic mass is 10.0. The van der Waals surface area contributed by atoms with Crippen molar-refractivity contribution in [3.63, 3.8) is 0 Å². The fourth-order valence-corrected chi connectivity index (χ4v) is 2.53. The van der Waals surface area contributed by atoms with E-state index < -0.39 is 0 Å². The smallest absolute Gasteiger partial charge is 0.255 e. The number of hydrogen-bond donors (Lipinski definition) is 2. The van der Waals surface area contributed by atoms with Crippen LogP contribution in [0.4, 0.5) is 0 Å². The van der Waals surface area contributed by atoms with Crippen LogP contribution in [0.2, 0.25) is 10.0 Å². The Kier molecular flexibility index (Phi) is 4.45. The predicted octanol–water partition coefficient (Wildman–Crippen LogP) is 3.89. The fourth-order valence-electron chi connectivity index (χ4n) is 1.92. The van der Waals surface area contributed by atoms with E-state index in [1.807, 2.05) is 19.1 Å². The second kappa shape index (κ2) is 5.90. The van der Waals surface area contributed by atoms with E-state index in [9.17, 15) is 4.79 Å². The van der Waals surface area contributed by atoms with Crippen LogP contribution in [0.25, 0.3) is 0 Å². The first-order chi connectivity index (χ1) is 9.02. The highest BCUT2D eigenvalue weighted by molar-refractivity contribution is 7.71. The number of H-pyrrole nitrogens is 2. The highest BCUT2D eigenvalue weighted by atomic mass is 35.5. The first-order valence-corrected chi connectivity index (χ1v) is 6.96. The van der Waals surface area contributed by atoms with Crippen molar-refractivity contribution in [2.24, 2.45) is 0 Å². The Balaban J connectivity index is 2.52. The number of rotatable bonds is 3. The molecule has 0 unspecified atom stereocenters. The molecule has 3 nitrogen and oxygen atoms in total. The zero-order chi connectivity index (χ0) is 14.0. The molecule has 1 heterocycles. The van der Waals surface area contributed by atoms with Gasteiger partial charge in [0.25, 0.3) is 5.56 Å². The van der Waals surface area contributed by atoms with Crippen molar-refractivity contribution in [1.29, 1.82) is 0 Å². The molecule has 1 aromatic heterocycles. The van der Waals surface area contributed by atoms with E-state index in [1.165, 1.54) is 0 Å². The van der Waals surface area contributed by atoms with Crippen LogP contribution in [0.15, 0.2) is 23.0 Å². The summed E-state index contributed by atoms with van der Waals surface area (Å²) < 4.78 is 0.336. The van der Waals surface area contributed by atoms with E-state index in [1.54, 1.807) is 6.07 Å². The zero-order valence-electron chi connectivity index (χ0n) is 10.2. The van der Waals surface area contributed by atoms with Crippen molar-refractivity contribution in [3.05, 3.63) is 60.2 Å². The van der Waals surface area contributed by atoms with Gasteiger partial charge in [-0.15, -0.1) is 0 Å². The molecule has 0 atom stereocenters.